The lowest BCUT2D eigenvalue weighted by molar-refractivity contribution is -0.121. The van der Waals surface area contributed by atoms with E-state index in [2.05, 4.69) is 34.5 Å². The Balaban J connectivity index is 1.46. The Morgan fingerprint density at radius 3 is 2.52 bits per heavy atom. The van der Waals surface area contributed by atoms with Gasteiger partial charge in [0.1, 0.15) is 12.3 Å². The number of ether oxygens (including phenoxy) is 2. The number of aromatic nitrogens is 1. The average Bonchev–Trinajstić information content (AvgIpc) is 2.84. The van der Waals surface area contributed by atoms with Crippen LogP contribution in [-0.2, 0) is 37.4 Å². The second kappa shape index (κ2) is 10.4. The fourth-order valence-electron chi connectivity index (χ4n) is 4.10. The lowest BCUT2D eigenvalue weighted by atomic mass is 10.00. The normalized spacial score (nSPS) is 13.3. The highest BCUT2D eigenvalue weighted by Crippen LogP contribution is 2.20. The van der Waals surface area contributed by atoms with Crippen molar-refractivity contribution in [2.24, 2.45) is 0 Å². The Hall–Kier alpha value is -3.58. The first-order valence-electron chi connectivity index (χ1n) is 11.0. The van der Waals surface area contributed by atoms with Crippen molar-refractivity contribution in [3.8, 4) is 11.5 Å². The lowest BCUT2D eigenvalue weighted by Gasteiger charge is -2.29. The Morgan fingerprint density at radius 1 is 1.03 bits per heavy atom. The van der Waals surface area contributed by atoms with Crippen molar-refractivity contribution in [2.45, 2.75) is 32.6 Å². The molecule has 2 aromatic carbocycles. The summed E-state index contributed by atoms with van der Waals surface area (Å²) < 4.78 is 12.2. The van der Waals surface area contributed by atoms with Crippen molar-refractivity contribution in [3.63, 3.8) is 0 Å². The molecule has 0 fully saturated rings. The third-order valence-electron chi connectivity index (χ3n) is 5.96. The number of methoxy groups -OCH3 is 2. The van der Waals surface area contributed by atoms with Crippen molar-refractivity contribution >= 4 is 5.91 Å². The van der Waals surface area contributed by atoms with Gasteiger partial charge in [0, 0.05) is 37.9 Å². The number of hydrogen-bond donors (Lipinski definition) is 1. The number of nitrogens with zero attached hydrogens (tertiary/aromatic N) is 2. The van der Waals surface area contributed by atoms with E-state index in [-0.39, 0.29) is 23.6 Å². The number of fused-ring (bicyclic) bond motifs is 1. The van der Waals surface area contributed by atoms with E-state index in [1.54, 1.807) is 19.4 Å². The number of hydrogen-bond acceptors (Lipinski definition) is 5. The zero-order chi connectivity index (χ0) is 23.2. The Bertz CT molecular complexity index is 1170. The third kappa shape index (κ3) is 5.62. The van der Waals surface area contributed by atoms with Crippen LogP contribution in [0.5, 0.6) is 11.5 Å². The minimum atomic E-state index is -0.181. The van der Waals surface area contributed by atoms with Crippen LogP contribution in [0.2, 0.25) is 0 Å². The molecule has 0 bridgehead atoms. The number of nitrogens with one attached hydrogen (secondary N) is 1. The molecule has 0 atom stereocenters. The van der Waals surface area contributed by atoms with Gasteiger partial charge in [-0.15, -0.1) is 0 Å². The van der Waals surface area contributed by atoms with Crippen LogP contribution in [0.3, 0.4) is 0 Å². The van der Waals surface area contributed by atoms with E-state index in [1.165, 1.54) is 18.2 Å². The predicted molar refractivity (Wildman–Crippen MR) is 126 cm³/mol. The van der Waals surface area contributed by atoms with E-state index in [0.717, 1.165) is 36.5 Å². The molecule has 0 unspecified atom stereocenters. The minimum Gasteiger partial charge on any atom is -0.497 e. The van der Waals surface area contributed by atoms with E-state index in [4.69, 9.17) is 9.47 Å². The van der Waals surface area contributed by atoms with Crippen LogP contribution >= 0.6 is 0 Å². The largest absolute Gasteiger partial charge is 0.497 e. The number of carbonyl (C=O) groups is 1. The van der Waals surface area contributed by atoms with Crippen LogP contribution < -0.4 is 20.2 Å². The van der Waals surface area contributed by atoms with Crippen LogP contribution in [0, 0.1) is 0 Å². The molecule has 0 saturated carbocycles. The summed E-state index contributed by atoms with van der Waals surface area (Å²) >= 11 is 0. The molecule has 0 spiro atoms. The minimum absolute atomic E-state index is 0.104. The fourth-order valence-corrected chi connectivity index (χ4v) is 4.10. The molecule has 7 heteroatoms. The van der Waals surface area contributed by atoms with E-state index in [1.807, 2.05) is 28.8 Å². The van der Waals surface area contributed by atoms with Crippen molar-refractivity contribution in [1.82, 2.24) is 14.8 Å². The number of rotatable bonds is 8. The summed E-state index contributed by atoms with van der Waals surface area (Å²) in [6.07, 6.45) is 2.60. The Kier molecular flexibility index (Phi) is 7.10. The number of benzene rings is 2. The third-order valence-corrected chi connectivity index (χ3v) is 5.96. The molecule has 7 nitrogen and oxygen atoms in total. The maximum absolute atomic E-state index is 12.7. The first-order chi connectivity index (χ1) is 16.1. The van der Waals surface area contributed by atoms with Crippen LogP contribution in [-0.4, -0.2) is 36.1 Å². The molecule has 0 radical (unpaired) electrons. The van der Waals surface area contributed by atoms with Crippen LogP contribution in [0.1, 0.15) is 22.4 Å². The molecule has 1 aliphatic heterocycles. The summed E-state index contributed by atoms with van der Waals surface area (Å²) in [6.45, 7) is 2.82. The van der Waals surface area contributed by atoms with Crippen molar-refractivity contribution < 1.29 is 14.3 Å². The SMILES string of the molecule is COc1ccc(CNC(=O)Cn2cc(OC)c(=O)cc2CN2CCc3ccccc3C2)cc1. The summed E-state index contributed by atoms with van der Waals surface area (Å²) in [4.78, 5) is 27.5. The van der Waals surface area contributed by atoms with Gasteiger partial charge in [0.15, 0.2) is 5.75 Å². The van der Waals surface area contributed by atoms with Gasteiger partial charge >= 0.3 is 0 Å². The molecule has 3 aromatic rings. The highest BCUT2D eigenvalue weighted by atomic mass is 16.5. The van der Waals surface area contributed by atoms with Gasteiger partial charge in [0.2, 0.25) is 11.3 Å². The van der Waals surface area contributed by atoms with E-state index in [0.29, 0.717) is 13.1 Å². The maximum atomic E-state index is 12.7. The molecule has 2 heterocycles. The van der Waals surface area contributed by atoms with Crippen LogP contribution in [0.15, 0.2) is 65.6 Å². The average molecular weight is 448 g/mol. The van der Waals surface area contributed by atoms with Gasteiger partial charge in [-0.25, -0.2) is 0 Å². The molecule has 1 aromatic heterocycles. The zero-order valence-electron chi connectivity index (χ0n) is 19.0. The summed E-state index contributed by atoms with van der Waals surface area (Å²) in [7, 11) is 3.09. The summed E-state index contributed by atoms with van der Waals surface area (Å²) in [5.41, 5.74) is 4.27. The highest BCUT2D eigenvalue weighted by Gasteiger charge is 2.18. The van der Waals surface area contributed by atoms with E-state index < -0.39 is 0 Å². The van der Waals surface area contributed by atoms with Gasteiger partial charge in [-0.05, 0) is 35.2 Å². The van der Waals surface area contributed by atoms with Crippen molar-refractivity contribution in [3.05, 3.63) is 93.4 Å². The van der Waals surface area contributed by atoms with Gasteiger partial charge in [0.05, 0.1) is 20.4 Å². The quantitative estimate of drug-likeness (QED) is 0.575. The molecule has 172 valence electrons. The van der Waals surface area contributed by atoms with Gasteiger partial charge < -0.3 is 19.4 Å². The summed E-state index contributed by atoms with van der Waals surface area (Å²) in [5.74, 6) is 0.864. The van der Waals surface area contributed by atoms with Crippen molar-refractivity contribution in [2.75, 3.05) is 20.8 Å². The molecule has 0 aliphatic carbocycles. The second-order valence-electron chi connectivity index (χ2n) is 8.18. The molecular weight excluding hydrogens is 418 g/mol. The monoisotopic (exact) mass is 447 g/mol. The van der Waals surface area contributed by atoms with Gasteiger partial charge in [-0.3, -0.25) is 14.5 Å². The molecule has 1 N–H and O–H groups in total. The molecule has 1 amide bonds. The summed E-state index contributed by atoms with van der Waals surface area (Å²) in [6, 6.07) is 17.6. The van der Waals surface area contributed by atoms with Gasteiger partial charge in [0.25, 0.3) is 0 Å². The second-order valence-corrected chi connectivity index (χ2v) is 8.18. The van der Waals surface area contributed by atoms with Crippen LogP contribution in [0.4, 0.5) is 0 Å². The first kappa shape index (κ1) is 22.6. The highest BCUT2D eigenvalue weighted by molar-refractivity contribution is 5.75. The first-order valence-corrected chi connectivity index (χ1v) is 11.0. The lowest BCUT2D eigenvalue weighted by Crippen LogP contribution is -2.33. The zero-order valence-corrected chi connectivity index (χ0v) is 19.0. The van der Waals surface area contributed by atoms with Gasteiger partial charge in [-0.1, -0.05) is 36.4 Å². The van der Waals surface area contributed by atoms with Gasteiger partial charge in [-0.2, -0.15) is 0 Å². The van der Waals surface area contributed by atoms with Crippen molar-refractivity contribution in [1.29, 1.82) is 0 Å². The van der Waals surface area contributed by atoms with E-state index >= 15 is 0 Å². The smallest absolute Gasteiger partial charge is 0.240 e. The Morgan fingerprint density at radius 2 is 1.79 bits per heavy atom. The Labute approximate surface area is 193 Å². The molecule has 33 heavy (non-hydrogen) atoms. The number of amides is 1. The number of carbonyl (C=O) groups excluding carboxylic acids is 1. The number of pyridine rings is 1. The maximum Gasteiger partial charge on any atom is 0.240 e. The molecule has 4 rings (SSSR count). The fraction of sp³-hybridized carbons (Fsp3) is 0.308. The van der Waals surface area contributed by atoms with E-state index in [9.17, 15) is 9.59 Å². The van der Waals surface area contributed by atoms with Crippen LogP contribution in [0.25, 0.3) is 0 Å². The summed E-state index contributed by atoms with van der Waals surface area (Å²) in [5, 5.41) is 2.95. The topological polar surface area (TPSA) is 72.8 Å². The predicted octanol–water partition coefficient (Wildman–Crippen LogP) is 2.74. The molecular formula is C26H29N3O4. The molecule has 0 saturated heterocycles. The molecule has 1 aliphatic rings. The standard InChI is InChI=1S/C26H29N3O4/c1-32-23-9-7-19(8-10-23)14-27-26(31)18-29-17-25(33-2)24(30)13-22(29)16-28-12-11-20-5-3-4-6-21(20)15-28/h3-10,13,17H,11-12,14-16,18H2,1-2H3,(H,27,31).